The summed E-state index contributed by atoms with van der Waals surface area (Å²) >= 11 is 11.9. The summed E-state index contributed by atoms with van der Waals surface area (Å²) in [5, 5.41) is 0.464. The van der Waals surface area contributed by atoms with E-state index in [4.69, 9.17) is 11.6 Å². The van der Waals surface area contributed by atoms with Gasteiger partial charge in [-0.2, -0.15) is 0 Å². The maximum Gasteiger partial charge on any atom is 0.177 e. The van der Waals surface area contributed by atoms with E-state index in [1.807, 2.05) is 0 Å². The topological polar surface area (TPSA) is 17.1 Å². The maximum atomic E-state index is 12.8. The van der Waals surface area contributed by atoms with E-state index in [0.29, 0.717) is 10.9 Å². The SMILES string of the molecule is O=C(c1ccc(F)c(Cl)c1)C(Br)CBr. The van der Waals surface area contributed by atoms with Gasteiger partial charge in [-0.1, -0.05) is 43.5 Å². The van der Waals surface area contributed by atoms with E-state index in [9.17, 15) is 9.18 Å². The Morgan fingerprint density at radius 3 is 2.71 bits per heavy atom. The molecule has 0 N–H and O–H groups in total. The number of alkyl halides is 2. The molecule has 0 amide bonds. The molecule has 0 spiro atoms. The van der Waals surface area contributed by atoms with Crippen LogP contribution in [-0.4, -0.2) is 15.9 Å². The Balaban J connectivity index is 2.97. The van der Waals surface area contributed by atoms with Crippen LogP contribution in [0, 0.1) is 5.82 Å². The molecule has 76 valence electrons. The molecule has 0 fully saturated rings. The highest BCUT2D eigenvalue weighted by Gasteiger charge is 2.16. The minimum atomic E-state index is -0.520. The molecule has 5 heteroatoms. The molecule has 1 nitrogen and oxygen atoms in total. The highest BCUT2D eigenvalue weighted by molar-refractivity contribution is 9.12. The van der Waals surface area contributed by atoms with E-state index in [-0.39, 0.29) is 15.6 Å². The van der Waals surface area contributed by atoms with Crippen LogP contribution < -0.4 is 0 Å². The number of ketones is 1. The van der Waals surface area contributed by atoms with Crippen molar-refractivity contribution in [1.29, 1.82) is 0 Å². The van der Waals surface area contributed by atoms with Gasteiger partial charge in [0.15, 0.2) is 5.78 Å². The van der Waals surface area contributed by atoms with Crippen LogP contribution in [0.3, 0.4) is 0 Å². The Kier molecular flexibility index (Phi) is 4.54. The van der Waals surface area contributed by atoms with Crippen molar-refractivity contribution in [1.82, 2.24) is 0 Å². The zero-order valence-electron chi connectivity index (χ0n) is 6.94. The molecule has 1 unspecified atom stereocenters. The van der Waals surface area contributed by atoms with Crippen LogP contribution in [0.25, 0.3) is 0 Å². The Morgan fingerprint density at radius 1 is 1.57 bits per heavy atom. The summed E-state index contributed by atoms with van der Waals surface area (Å²) in [5.41, 5.74) is 0.401. The van der Waals surface area contributed by atoms with Crippen molar-refractivity contribution in [3.63, 3.8) is 0 Å². The summed E-state index contributed by atoms with van der Waals surface area (Å²) in [6.07, 6.45) is 0. The summed E-state index contributed by atoms with van der Waals surface area (Å²) < 4.78 is 12.8. The average Bonchev–Trinajstić information content (AvgIpc) is 2.20. The molecule has 0 aliphatic carbocycles. The Hall–Kier alpha value is 0.0700. The molecule has 1 aromatic rings. The lowest BCUT2D eigenvalue weighted by Gasteiger charge is -2.05. The number of rotatable bonds is 3. The zero-order chi connectivity index (χ0) is 10.7. The first kappa shape index (κ1) is 12.1. The van der Waals surface area contributed by atoms with Crippen molar-refractivity contribution in [2.24, 2.45) is 0 Å². The first-order valence-corrected chi connectivity index (χ1v) is 6.17. The van der Waals surface area contributed by atoms with E-state index < -0.39 is 5.82 Å². The second kappa shape index (κ2) is 5.24. The van der Waals surface area contributed by atoms with E-state index in [0.717, 1.165) is 0 Å². The highest BCUT2D eigenvalue weighted by Crippen LogP contribution is 2.19. The number of carbonyl (C=O) groups excluding carboxylic acids is 1. The number of hydrogen-bond donors (Lipinski definition) is 0. The third-order valence-electron chi connectivity index (χ3n) is 1.62. The van der Waals surface area contributed by atoms with Crippen molar-refractivity contribution in [2.75, 3.05) is 5.33 Å². The van der Waals surface area contributed by atoms with Gasteiger partial charge < -0.3 is 0 Å². The number of carbonyl (C=O) groups is 1. The Morgan fingerprint density at radius 2 is 2.21 bits per heavy atom. The van der Waals surface area contributed by atoms with Gasteiger partial charge in [0.1, 0.15) is 5.82 Å². The molecule has 1 atom stereocenters. The Labute approximate surface area is 103 Å². The molecule has 0 saturated heterocycles. The second-order valence-electron chi connectivity index (χ2n) is 2.61. The van der Waals surface area contributed by atoms with Crippen LogP contribution in [0.5, 0.6) is 0 Å². The molecule has 0 saturated carbocycles. The van der Waals surface area contributed by atoms with Gasteiger partial charge in [-0.3, -0.25) is 4.79 Å². The fourth-order valence-corrected chi connectivity index (χ4v) is 1.64. The summed E-state index contributed by atoms with van der Waals surface area (Å²) in [7, 11) is 0. The molecular formula is C9H6Br2ClFO. The molecule has 1 aromatic carbocycles. The van der Waals surface area contributed by atoms with Gasteiger partial charge in [0, 0.05) is 10.9 Å². The van der Waals surface area contributed by atoms with E-state index in [1.165, 1.54) is 18.2 Å². The van der Waals surface area contributed by atoms with Gasteiger partial charge in [0.05, 0.1) is 9.85 Å². The van der Waals surface area contributed by atoms with Crippen LogP contribution in [0.1, 0.15) is 10.4 Å². The standard InChI is InChI=1S/C9H6Br2ClFO/c10-4-6(11)9(14)5-1-2-8(13)7(12)3-5/h1-3,6H,4H2. The number of halogens is 4. The van der Waals surface area contributed by atoms with Gasteiger partial charge in [-0.25, -0.2) is 4.39 Å². The van der Waals surface area contributed by atoms with E-state index in [2.05, 4.69) is 31.9 Å². The second-order valence-corrected chi connectivity index (χ2v) is 4.77. The van der Waals surface area contributed by atoms with Crippen molar-refractivity contribution < 1.29 is 9.18 Å². The third-order valence-corrected chi connectivity index (χ3v) is 4.17. The normalized spacial score (nSPS) is 12.6. The van der Waals surface area contributed by atoms with Crippen molar-refractivity contribution in [3.05, 3.63) is 34.6 Å². The van der Waals surface area contributed by atoms with Crippen molar-refractivity contribution in [3.8, 4) is 0 Å². The molecule has 1 rings (SSSR count). The van der Waals surface area contributed by atoms with Gasteiger partial charge in [0.25, 0.3) is 0 Å². The van der Waals surface area contributed by atoms with E-state index >= 15 is 0 Å². The van der Waals surface area contributed by atoms with Crippen molar-refractivity contribution >= 4 is 49.2 Å². The smallest absolute Gasteiger partial charge is 0.177 e. The monoisotopic (exact) mass is 342 g/mol. The average molecular weight is 344 g/mol. The predicted octanol–water partition coefficient (Wildman–Crippen LogP) is 3.82. The van der Waals surface area contributed by atoms with Gasteiger partial charge in [0.2, 0.25) is 0 Å². The lowest BCUT2D eigenvalue weighted by Crippen LogP contribution is -2.15. The quantitative estimate of drug-likeness (QED) is 0.602. The number of hydrogen-bond acceptors (Lipinski definition) is 1. The van der Waals surface area contributed by atoms with Crippen LogP contribution in [0.4, 0.5) is 4.39 Å². The molecule has 0 radical (unpaired) electrons. The van der Waals surface area contributed by atoms with Gasteiger partial charge in [-0.15, -0.1) is 0 Å². The maximum absolute atomic E-state index is 12.8. The predicted molar refractivity (Wildman–Crippen MR) is 62.2 cm³/mol. The fourth-order valence-electron chi connectivity index (χ4n) is 0.900. The minimum absolute atomic E-state index is 0.0369. The molecule has 0 bridgehead atoms. The highest BCUT2D eigenvalue weighted by atomic mass is 79.9. The van der Waals surface area contributed by atoms with Gasteiger partial charge in [-0.05, 0) is 18.2 Å². The molecule has 0 aromatic heterocycles. The number of Topliss-reactive ketones (excluding diaryl/α,β-unsaturated/α-hetero) is 1. The van der Waals surface area contributed by atoms with Crippen molar-refractivity contribution in [2.45, 2.75) is 4.83 Å². The third kappa shape index (κ3) is 2.78. The Bertz CT molecular complexity index is 357. The molecule has 0 aliphatic heterocycles. The molecular weight excluding hydrogens is 338 g/mol. The fraction of sp³-hybridized carbons (Fsp3) is 0.222. The summed E-state index contributed by atoms with van der Waals surface area (Å²) in [6.45, 7) is 0. The van der Waals surface area contributed by atoms with Crippen LogP contribution in [-0.2, 0) is 0 Å². The summed E-state index contributed by atoms with van der Waals surface area (Å²) in [6, 6.07) is 3.93. The first-order chi connectivity index (χ1) is 6.56. The first-order valence-electron chi connectivity index (χ1n) is 3.75. The van der Waals surface area contributed by atoms with Gasteiger partial charge >= 0.3 is 0 Å². The molecule has 0 aliphatic rings. The largest absolute Gasteiger partial charge is 0.293 e. The molecule has 14 heavy (non-hydrogen) atoms. The lowest BCUT2D eigenvalue weighted by molar-refractivity contribution is 0.0997. The molecule has 0 heterocycles. The lowest BCUT2D eigenvalue weighted by atomic mass is 10.1. The number of benzene rings is 1. The summed E-state index contributed by atoms with van der Waals surface area (Å²) in [4.78, 5) is 11.3. The van der Waals surface area contributed by atoms with Crippen LogP contribution in [0.15, 0.2) is 18.2 Å². The summed E-state index contributed by atoms with van der Waals surface area (Å²) in [5.74, 6) is -0.642. The van der Waals surface area contributed by atoms with Crippen LogP contribution >= 0.6 is 43.5 Å². The van der Waals surface area contributed by atoms with E-state index in [1.54, 1.807) is 0 Å². The zero-order valence-corrected chi connectivity index (χ0v) is 10.9. The van der Waals surface area contributed by atoms with Crippen LogP contribution in [0.2, 0.25) is 5.02 Å². The minimum Gasteiger partial charge on any atom is -0.293 e.